The van der Waals surface area contributed by atoms with Crippen LogP contribution >= 0.6 is 0 Å². The second-order valence-corrected chi connectivity index (χ2v) is 6.21. The molecule has 126 valence electrons. The van der Waals surface area contributed by atoms with Crippen molar-refractivity contribution in [1.29, 1.82) is 5.26 Å². The van der Waals surface area contributed by atoms with Gasteiger partial charge in [0.05, 0.1) is 17.3 Å². The number of hydrogen-bond acceptors (Lipinski definition) is 3. The van der Waals surface area contributed by atoms with Crippen molar-refractivity contribution >= 4 is 11.8 Å². The summed E-state index contributed by atoms with van der Waals surface area (Å²) in [7, 11) is 0. The molecule has 0 bridgehead atoms. The van der Waals surface area contributed by atoms with E-state index < -0.39 is 0 Å². The number of hydrogen-bond donors (Lipinski definition) is 0. The normalized spacial score (nSPS) is 15.5. The molecule has 0 aliphatic carbocycles. The van der Waals surface area contributed by atoms with E-state index >= 15 is 0 Å². The molecule has 4 heteroatoms. The Bertz CT molecular complexity index is 1020. The molecule has 1 aliphatic rings. The van der Waals surface area contributed by atoms with E-state index in [-0.39, 0.29) is 0 Å². The predicted octanol–water partition coefficient (Wildman–Crippen LogP) is 4.41. The first-order valence-electron chi connectivity index (χ1n) is 8.69. The largest absolute Gasteiger partial charge is 0.317 e. The standard InChI is InChI=1S/C22H18N4/c23-15-17-5-1-8-20(13-17)26-12-4-9-21(26)14-18-6-3-11-25-22(18)19-7-2-10-24-16-19/h1-2,4-5,7-10,12-14,16H,3,6,11H2/b18-14+. The summed E-state index contributed by atoms with van der Waals surface area (Å²) >= 11 is 0. The van der Waals surface area contributed by atoms with Crippen LogP contribution in [0.2, 0.25) is 0 Å². The first-order chi connectivity index (χ1) is 12.8. The summed E-state index contributed by atoms with van der Waals surface area (Å²) in [6.07, 6.45) is 9.92. The summed E-state index contributed by atoms with van der Waals surface area (Å²) in [5.41, 5.74) is 6.03. The maximum atomic E-state index is 9.16. The number of nitrogens with zero attached hydrogens (tertiary/aromatic N) is 4. The molecule has 1 aromatic carbocycles. The van der Waals surface area contributed by atoms with Crippen LogP contribution in [0, 0.1) is 11.3 Å². The van der Waals surface area contributed by atoms with Crippen molar-refractivity contribution in [2.45, 2.75) is 12.8 Å². The van der Waals surface area contributed by atoms with Gasteiger partial charge in [0, 0.05) is 42.1 Å². The number of pyridine rings is 1. The van der Waals surface area contributed by atoms with Gasteiger partial charge in [0.1, 0.15) is 0 Å². The molecular weight excluding hydrogens is 320 g/mol. The summed E-state index contributed by atoms with van der Waals surface area (Å²) in [6, 6.07) is 18.0. The highest BCUT2D eigenvalue weighted by Gasteiger charge is 2.15. The van der Waals surface area contributed by atoms with Gasteiger partial charge in [0.2, 0.25) is 0 Å². The Morgan fingerprint density at radius 3 is 2.92 bits per heavy atom. The lowest BCUT2D eigenvalue weighted by Crippen LogP contribution is -2.12. The van der Waals surface area contributed by atoms with Crippen LogP contribution < -0.4 is 0 Å². The molecule has 26 heavy (non-hydrogen) atoms. The third-order valence-corrected chi connectivity index (χ3v) is 4.47. The molecule has 1 aliphatic heterocycles. The van der Waals surface area contributed by atoms with Gasteiger partial charge in [-0.15, -0.1) is 0 Å². The van der Waals surface area contributed by atoms with Crippen LogP contribution in [0.25, 0.3) is 11.8 Å². The minimum absolute atomic E-state index is 0.657. The third-order valence-electron chi connectivity index (χ3n) is 4.47. The van der Waals surface area contributed by atoms with Gasteiger partial charge in [0.15, 0.2) is 0 Å². The Morgan fingerprint density at radius 2 is 2.08 bits per heavy atom. The lowest BCUT2D eigenvalue weighted by Gasteiger charge is -2.17. The van der Waals surface area contributed by atoms with Crippen LogP contribution in [-0.2, 0) is 0 Å². The molecule has 0 amide bonds. The van der Waals surface area contributed by atoms with E-state index in [1.54, 1.807) is 6.20 Å². The molecule has 4 rings (SSSR count). The van der Waals surface area contributed by atoms with E-state index in [0.717, 1.165) is 42.0 Å². The van der Waals surface area contributed by atoms with Crippen LogP contribution in [0.3, 0.4) is 0 Å². The highest BCUT2D eigenvalue weighted by Crippen LogP contribution is 2.23. The monoisotopic (exact) mass is 338 g/mol. The highest BCUT2D eigenvalue weighted by molar-refractivity contribution is 6.15. The highest BCUT2D eigenvalue weighted by atomic mass is 15.0. The van der Waals surface area contributed by atoms with Gasteiger partial charge in [-0.1, -0.05) is 6.07 Å². The van der Waals surface area contributed by atoms with Crippen LogP contribution in [0.4, 0.5) is 0 Å². The fourth-order valence-corrected chi connectivity index (χ4v) is 3.25. The number of allylic oxidation sites excluding steroid dienone is 1. The van der Waals surface area contributed by atoms with Gasteiger partial charge >= 0.3 is 0 Å². The first-order valence-corrected chi connectivity index (χ1v) is 8.69. The molecule has 4 nitrogen and oxygen atoms in total. The van der Waals surface area contributed by atoms with Crippen molar-refractivity contribution in [1.82, 2.24) is 9.55 Å². The second kappa shape index (κ2) is 7.20. The molecule has 0 N–H and O–H groups in total. The molecule has 0 spiro atoms. The molecule has 0 saturated carbocycles. The lowest BCUT2D eigenvalue weighted by atomic mass is 9.96. The lowest BCUT2D eigenvalue weighted by molar-refractivity contribution is 0.817. The Morgan fingerprint density at radius 1 is 1.12 bits per heavy atom. The molecule has 0 fully saturated rings. The van der Waals surface area contributed by atoms with Gasteiger partial charge in [0.25, 0.3) is 0 Å². The van der Waals surface area contributed by atoms with Gasteiger partial charge in [-0.05, 0) is 67.0 Å². The second-order valence-electron chi connectivity index (χ2n) is 6.21. The average Bonchev–Trinajstić information content (AvgIpc) is 3.17. The SMILES string of the molecule is N#Cc1cccc(-n2cccc2/C=C2\CCCN=C2c2cccnc2)c1. The summed E-state index contributed by atoms with van der Waals surface area (Å²) < 4.78 is 2.10. The fourth-order valence-electron chi connectivity index (χ4n) is 3.25. The average molecular weight is 338 g/mol. The van der Waals surface area contributed by atoms with Gasteiger partial charge < -0.3 is 4.57 Å². The molecule has 2 aromatic heterocycles. The van der Waals surface area contributed by atoms with Crippen molar-refractivity contribution in [2.75, 3.05) is 6.54 Å². The van der Waals surface area contributed by atoms with E-state index in [1.807, 2.05) is 48.8 Å². The number of benzene rings is 1. The molecule has 3 aromatic rings. The zero-order valence-electron chi connectivity index (χ0n) is 14.3. The maximum absolute atomic E-state index is 9.16. The Labute approximate surface area is 152 Å². The Kier molecular flexibility index (Phi) is 4.44. The zero-order chi connectivity index (χ0) is 17.8. The summed E-state index contributed by atoms with van der Waals surface area (Å²) in [5, 5.41) is 9.16. The van der Waals surface area contributed by atoms with E-state index in [1.165, 1.54) is 5.57 Å². The fraction of sp³-hybridized carbons (Fsp3) is 0.136. The van der Waals surface area contributed by atoms with E-state index in [9.17, 15) is 0 Å². The van der Waals surface area contributed by atoms with Gasteiger partial charge in [-0.3, -0.25) is 9.98 Å². The summed E-state index contributed by atoms with van der Waals surface area (Å²) in [4.78, 5) is 8.98. The zero-order valence-corrected chi connectivity index (χ0v) is 14.3. The van der Waals surface area contributed by atoms with E-state index in [4.69, 9.17) is 10.3 Å². The first kappa shape index (κ1) is 16.0. The third kappa shape index (κ3) is 3.20. The predicted molar refractivity (Wildman–Crippen MR) is 103 cm³/mol. The molecule has 0 radical (unpaired) electrons. The molecule has 0 atom stereocenters. The van der Waals surface area contributed by atoms with Gasteiger partial charge in [-0.2, -0.15) is 5.26 Å². The number of aromatic nitrogens is 2. The van der Waals surface area contributed by atoms with Crippen molar-refractivity contribution in [3.63, 3.8) is 0 Å². The van der Waals surface area contributed by atoms with Crippen LogP contribution in [0.1, 0.15) is 29.7 Å². The van der Waals surface area contributed by atoms with E-state index in [2.05, 4.69) is 33.8 Å². The van der Waals surface area contributed by atoms with E-state index in [0.29, 0.717) is 5.56 Å². The molecule has 0 unspecified atom stereocenters. The van der Waals surface area contributed by atoms with Crippen molar-refractivity contribution in [3.8, 4) is 11.8 Å². The topological polar surface area (TPSA) is 54.0 Å². The Balaban J connectivity index is 1.75. The Hall–Kier alpha value is -3.45. The summed E-state index contributed by atoms with van der Waals surface area (Å²) in [5.74, 6) is 0. The number of rotatable bonds is 3. The number of nitriles is 1. The smallest absolute Gasteiger partial charge is 0.0992 e. The summed E-state index contributed by atoms with van der Waals surface area (Å²) in [6.45, 7) is 0.854. The van der Waals surface area contributed by atoms with Crippen molar-refractivity contribution in [2.24, 2.45) is 4.99 Å². The van der Waals surface area contributed by atoms with Crippen molar-refractivity contribution < 1.29 is 0 Å². The molecule has 0 saturated heterocycles. The van der Waals surface area contributed by atoms with Crippen LogP contribution in [-0.4, -0.2) is 21.8 Å². The maximum Gasteiger partial charge on any atom is 0.0992 e. The molecule has 3 heterocycles. The van der Waals surface area contributed by atoms with Gasteiger partial charge in [-0.25, -0.2) is 0 Å². The number of aliphatic imine (C=N–C) groups is 1. The van der Waals surface area contributed by atoms with Crippen molar-refractivity contribution in [3.05, 3.63) is 89.5 Å². The van der Waals surface area contributed by atoms with Crippen LogP contribution in [0.5, 0.6) is 0 Å². The van der Waals surface area contributed by atoms with Crippen LogP contribution in [0.15, 0.2) is 77.7 Å². The minimum atomic E-state index is 0.657. The molecular formula is C22H18N4. The minimum Gasteiger partial charge on any atom is -0.317 e. The quantitative estimate of drug-likeness (QED) is 0.710.